The van der Waals surface area contributed by atoms with Gasteiger partial charge in [0.1, 0.15) is 0 Å². The highest BCUT2D eigenvalue weighted by molar-refractivity contribution is 6.30. The fourth-order valence-electron chi connectivity index (χ4n) is 4.40. The molecule has 0 fully saturated rings. The van der Waals surface area contributed by atoms with E-state index in [0.717, 1.165) is 33.0 Å². The molecule has 4 rings (SSSR count). The zero-order valence-electron chi connectivity index (χ0n) is 21.3. The van der Waals surface area contributed by atoms with Gasteiger partial charge < -0.3 is 21.1 Å². The molecule has 0 bridgehead atoms. The van der Waals surface area contributed by atoms with Crippen molar-refractivity contribution in [3.63, 3.8) is 0 Å². The van der Waals surface area contributed by atoms with Gasteiger partial charge in [0, 0.05) is 23.2 Å². The molecule has 2 aromatic heterocycles. The minimum atomic E-state index is -1.12. The Kier molecular flexibility index (Phi) is 7.47. The molecule has 2 aromatic carbocycles. The predicted molar refractivity (Wildman–Crippen MR) is 141 cm³/mol. The molecule has 4 N–H and O–H groups in total. The summed E-state index contributed by atoms with van der Waals surface area (Å²) in [6, 6.07) is 11.9. The van der Waals surface area contributed by atoms with Crippen LogP contribution in [-0.2, 0) is 22.4 Å². The van der Waals surface area contributed by atoms with Crippen LogP contribution in [-0.4, -0.2) is 34.5 Å². The van der Waals surface area contributed by atoms with Gasteiger partial charge in [-0.3, -0.25) is 0 Å². The van der Waals surface area contributed by atoms with Crippen LogP contribution in [0.25, 0.3) is 21.8 Å². The van der Waals surface area contributed by atoms with Crippen LogP contribution < -0.4 is 21.1 Å². The maximum absolute atomic E-state index is 12.7. The van der Waals surface area contributed by atoms with Crippen LogP contribution in [0.5, 0.6) is 0 Å². The Morgan fingerprint density at radius 3 is 1.44 bits per heavy atom. The lowest BCUT2D eigenvalue weighted by Gasteiger charge is -2.09. The van der Waals surface area contributed by atoms with Crippen molar-refractivity contribution in [2.24, 2.45) is 11.5 Å². The molecule has 0 saturated carbocycles. The lowest BCUT2D eigenvalue weighted by atomic mass is 10.00. The van der Waals surface area contributed by atoms with E-state index in [0.29, 0.717) is 48.8 Å². The summed E-state index contributed by atoms with van der Waals surface area (Å²) in [5.41, 5.74) is 17.2. The summed E-state index contributed by atoms with van der Waals surface area (Å²) in [5, 5.41) is 1.88. The Bertz CT molecular complexity index is 1310. The highest BCUT2D eigenvalue weighted by Crippen LogP contribution is 2.27. The number of rotatable bonds is 8. The first-order chi connectivity index (χ1) is 17.2. The van der Waals surface area contributed by atoms with Crippen molar-refractivity contribution < 1.29 is 19.3 Å². The highest BCUT2D eigenvalue weighted by atomic mass is 16.7. The monoisotopic (exact) mass is 490 g/mol. The molecule has 8 nitrogen and oxygen atoms in total. The summed E-state index contributed by atoms with van der Waals surface area (Å²) in [5.74, 6) is -1.56. The van der Waals surface area contributed by atoms with E-state index in [4.69, 9.17) is 21.1 Å². The van der Waals surface area contributed by atoms with Gasteiger partial charge >= 0.3 is 11.9 Å². The molecule has 0 aliphatic carbocycles. The third-order valence-electron chi connectivity index (χ3n) is 6.44. The van der Waals surface area contributed by atoms with Crippen molar-refractivity contribution >= 4 is 33.7 Å². The molecule has 4 aromatic rings. The van der Waals surface area contributed by atoms with E-state index in [9.17, 15) is 9.59 Å². The van der Waals surface area contributed by atoms with Crippen molar-refractivity contribution in [2.45, 2.75) is 52.4 Å². The fraction of sp³-hybridized carbons (Fsp3) is 0.357. The summed E-state index contributed by atoms with van der Waals surface area (Å²) in [6.45, 7) is 9.36. The molecule has 36 heavy (non-hydrogen) atoms. The van der Waals surface area contributed by atoms with Crippen LogP contribution >= 0.6 is 0 Å². The Hall–Kier alpha value is -3.62. The van der Waals surface area contributed by atoms with E-state index >= 15 is 0 Å². The number of hydrogen-bond acceptors (Lipinski definition) is 6. The van der Waals surface area contributed by atoms with Crippen LogP contribution in [0.1, 0.15) is 61.8 Å². The second-order valence-electron chi connectivity index (χ2n) is 9.66. The van der Waals surface area contributed by atoms with E-state index in [2.05, 4.69) is 39.8 Å². The first-order valence-corrected chi connectivity index (χ1v) is 12.4. The van der Waals surface area contributed by atoms with Gasteiger partial charge in [0.25, 0.3) is 0 Å². The maximum Gasteiger partial charge on any atom is 0.444 e. The molecule has 8 heteroatoms. The minimum absolute atomic E-state index is 0.346. The number of nitrogens with two attached hydrogens (primary N) is 2. The largest absolute Gasteiger partial charge is 0.444 e. The molecular formula is C28H34N4O4. The molecule has 190 valence electrons. The van der Waals surface area contributed by atoms with Gasteiger partial charge in [-0.2, -0.15) is 9.46 Å². The first-order valence-electron chi connectivity index (χ1n) is 12.4. The Morgan fingerprint density at radius 1 is 0.722 bits per heavy atom. The SMILES string of the molecule is CC(C)c1ccc2c(c1)c(CCN)cn2OC(=O)C(=O)On1cc(CCN)c2cc(C(C)C)ccc21. The lowest BCUT2D eigenvalue weighted by Crippen LogP contribution is -2.34. The van der Waals surface area contributed by atoms with Crippen molar-refractivity contribution in [3.05, 3.63) is 71.0 Å². The topological polar surface area (TPSA) is 114 Å². The zero-order chi connectivity index (χ0) is 26.0. The smallest absolute Gasteiger partial charge is 0.330 e. The maximum atomic E-state index is 12.7. The zero-order valence-corrected chi connectivity index (χ0v) is 21.3. The molecule has 0 spiro atoms. The average molecular weight is 491 g/mol. The fourth-order valence-corrected chi connectivity index (χ4v) is 4.40. The van der Waals surface area contributed by atoms with E-state index in [1.165, 1.54) is 9.46 Å². The second-order valence-corrected chi connectivity index (χ2v) is 9.66. The minimum Gasteiger partial charge on any atom is -0.330 e. The molecule has 2 heterocycles. The van der Waals surface area contributed by atoms with Crippen molar-refractivity contribution in [3.8, 4) is 0 Å². The predicted octanol–water partition coefficient (Wildman–Crippen LogP) is 3.46. The van der Waals surface area contributed by atoms with Crippen LogP contribution in [0.15, 0.2) is 48.8 Å². The molecule has 0 aliphatic heterocycles. The molecule has 0 radical (unpaired) electrons. The van der Waals surface area contributed by atoms with Gasteiger partial charge in [-0.1, -0.05) is 39.8 Å². The van der Waals surface area contributed by atoms with Gasteiger partial charge in [0.15, 0.2) is 0 Å². The van der Waals surface area contributed by atoms with Crippen molar-refractivity contribution in [1.29, 1.82) is 0 Å². The van der Waals surface area contributed by atoms with Crippen LogP contribution in [0.2, 0.25) is 0 Å². The summed E-state index contributed by atoms with van der Waals surface area (Å²) in [6.07, 6.45) is 4.63. The molecular weight excluding hydrogens is 456 g/mol. The number of hydrogen-bond donors (Lipinski definition) is 2. The normalized spacial score (nSPS) is 11.7. The summed E-state index contributed by atoms with van der Waals surface area (Å²) in [7, 11) is 0. The number of nitrogens with zero attached hydrogens (tertiary/aromatic N) is 2. The Labute approximate surface area is 210 Å². The molecule has 0 unspecified atom stereocenters. The number of benzene rings is 2. The average Bonchev–Trinajstić information content (AvgIpc) is 3.36. The highest BCUT2D eigenvalue weighted by Gasteiger charge is 2.24. The van der Waals surface area contributed by atoms with E-state index < -0.39 is 11.9 Å². The van der Waals surface area contributed by atoms with E-state index in [1.807, 2.05) is 24.3 Å². The van der Waals surface area contributed by atoms with Gasteiger partial charge in [-0.15, -0.1) is 0 Å². The number of fused-ring (bicyclic) bond motifs is 2. The van der Waals surface area contributed by atoms with Crippen LogP contribution in [0, 0.1) is 0 Å². The number of carbonyl (C=O) groups excluding carboxylic acids is 2. The van der Waals surface area contributed by atoms with Crippen LogP contribution in [0.4, 0.5) is 0 Å². The number of aromatic nitrogens is 2. The molecule has 0 atom stereocenters. The Balaban J connectivity index is 1.60. The summed E-state index contributed by atoms with van der Waals surface area (Å²) < 4.78 is 2.63. The van der Waals surface area contributed by atoms with Gasteiger partial charge in [-0.25, -0.2) is 9.59 Å². The quantitative estimate of drug-likeness (QED) is 0.366. The van der Waals surface area contributed by atoms with Crippen LogP contribution in [0.3, 0.4) is 0 Å². The third kappa shape index (κ3) is 5.01. The summed E-state index contributed by atoms with van der Waals surface area (Å²) in [4.78, 5) is 36.3. The Morgan fingerprint density at radius 2 is 1.11 bits per heavy atom. The second kappa shape index (κ2) is 10.6. The lowest BCUT2D eigenvalue weighted by molar-refractivity contribution is -0.167. The van der Waals surface area contributed by atoms with Gasteiger partial charge in [0.2, 0.25) is 0 Å². The van der Waals surface area contributed by atoms with Crippen molar-refractivity contribution in [1.82, 2.24) is 9.46 Å². The standard InChI is InChI=1S/C28H34N4O4/c1-17(2)19-5-7-25-23(13-19)21(9-11-29)15-31(25)35-27(33)28(34)36-32-16-22(10-12-30)24-14-20(18(3)4)6-8-26(24)32/h5-8,13-18H,9-12,29-30H2,1-4H3. The van der Waals surface area contributed by atoms with Crippen molar-refractivity contribution in [2.75, 3.05) is 13.1 Å². The number of carbonyl (C=O) groups is 2. The summed E-state index contributed by atoms with van der Waals surface area (Å²) >= 11 is 0. The van der Waals surface area contributed by atoms with Gasteiger partial charge in [0.05, 0.1) is 11.0 Å². The third-order valence-corrected chi connectivity index (χ3v) is 6.44. The molecule has 0 aliphatic rings. The van der Waals surface area contributed by atoms with E-state index in [1.54, 1.807) is 12.4 Å². The molecule has 0 amide bonds. The first kappa shape index (κ1) is 25.5. The molecule has 0 saturated heterocycles. The van der Waals surface area contributed by atoms with Gasteiger partial charge in [-0.05, 0) is 84.3 Å². The van der Waals surface area contributed by atoms with E-state index in [-0.39, 0.29) is 0 Å².